The van der Waals surface area contributed by atoms with E-state index in [-0.39, 0.29) is 17.1 Å². The van der Waals surface area contributed by atoms with Gasteiger partial charge in [-0.15, -0.1) is 11.6 Å². The highest BCUT2D eigenvalue weighted by atomic mass is 35.5. The molecule has 1 amide bonds. The van der Waals surface area contributed by atoms with Crippen LogP contribution in [0.2, 0.25) is 0 Å². The maximum absolute atomic E-state index is 13.2. The van der Waals surface area contributed by atoms with E-state index in [0.29, 0.717) is 35.4 Å². The van der Waals surface area contributed by atoms with Crippen molar-refractivity contribution in [2.24, 2.45) is 5.10 Å². The molecule has 0 atom stereocenters. The zero-order chi connectivity index (χ0) is 19.2. The van der Waals surface area contributed by atoms with Crippen molar-refractivity contribution in [3.8, 4) is 5.75 Å². The van der Waals surface area contributed by atoms with Crippen molar-refractivity contribution in [3.63, 3.8) is 0 Å². The predicted molar refractivity (Wildman–Crippen MR) is 106 cm³/mol. The number of nitrogens with one attached hydrogen (secondary N) is 1. The molecule has 6 heteroatoms. The number of carbonyl (C=O) groups excluding carboxylic acids is 1. The molecule has 0 heterocycles. The number of phenolic OH excluding ortho intramolecular Hbond substituents is 1. The van der Waals surface area contributed by atoms with Gasteiger partial charge in [0.25, 0.3) is 5.91 Å². The van der Waals surface area contributed by atoms with Gasteiger partial charge < -0.3 is 5.11 Å². The zero-order valence-electron chi connectivity index (χ0n) is 14.5. The van der Waals surface area contributed by atoms with Crippen LogP contribution in [0.25, 0.3) is 10.8 Å². The van der Waals surface area contributed by atoms with E-state index in [2.05, 4.69) is 10.5 Å². The number of alkyl halides is 1. The molecule has 3 aromatic rings. The lowest BCUT2D eigenvalue weighted by molar-refractivity contribution is 0.0954. The predicted octanol–water partition coefficient (Wildman–Crippen LogP) is 4.84. The van der Waals surface area contributed by atoms with Crippen molar-refractivity contribution in [2.45, 2.75) is 12.8 Å². The third kappa shape index (κ3) is 4.44. The largest absolute Gasteiger partial charge is 0.507 e. The molecule has 3 aromatic carbocycles. The molecule has 0 aromatic heterocycles. The molecule has 3 rings (SSSR count). The van der Waals surface area contributed by atoms with E-state index in [9.17, 15) is 14.3 Å². The van der Waals surface area contributed by atoms with Gasteiger partial charge in [0.1, 0.15) is 11.6 Å². The van der Waals surface area contributed by atoms with Gasteiger partial charge in [0.15, 0.2) is 0 Å². The Hall–Kier alpha value is -2.92. The lowest BCUT2D eigenvalue weighted by Gasteiger charge is -2.10. The minimum absolute atomic E-state index is 0.120. The summed E-state index contributed by atoms with van der Waals surface area (Å²) in [5.41, 5.74) is 3.95. The van der Waals surface area contributed by atoms with Crippen LogP contribution in [0.1, 0.15) is 28.8 Å². The summed E-state index contributed by atoms with van der Waals surface area (Å²) in [7, 11) is 0. The van der Waals surface area contributed by atoms with E-state index in [4.69, 9.17) is 11.6 Å². The molecular formula is C21H18ClFN2O2. The highest BCUT2D eigenvalue weighted by molar-refractivity contribution is 6.18. The minimum Gasteiger partial charge on any atom is -0.507 e. The van der Waals surface area contributed by atoms with Crippen LogP contribution in [0.5, 0.6) is 5.75 Å². The first-order valence-electron chi connectivity index (χ1n) is 8.49. The molecule has 0 saturated heterocycles. The number of amides is 1. The Kier molecular flexibility index (Phi) is 6.04. The van der Waals surface area contributed by atoms with Gasteiger partial charge in [-0.25, -0.2) is 9.82 Å². The first-order valence-corrected chi connectivity index (χ1v) is 9.03. The Bertz CT molecular complexity index is 987. The van der Waals surface area contributed by atoms with E-state index in [0.717, 1.165) is 5.39 Å². The number of hydrogen-bond acceptors (Lipinski definition) is 3. The maximum atomic E-state index is 13.2. The van der Waals surface area contributed by atoms with Gasteiger partial charge in [0.05, 0.1) is 11.3 Å². The molecule has 0 radical (unpaired) electrons. The number of aromatic hydroxyl groups is 1. The molecule has 0 fully saturated rings. The molecule has 0 spiro atoms. The summed E-state index contributed by atoms with van der Waals surface area (Å²) in [6.45, 7) is 0. The van der Waals surface area contributed by atoms with Crippen LogP contribution in [-0.2, 0) is 0 Å². The van der Waals surface area contributed by atoms with Gasteiger partial charge in [-0.05, 0) is 47.4 Å². The Labute approximate surface area is 161 Å². The average molecular weight is 385 g/mol. The van der Waals surface area contributed by atoms with Crippen LogP contribution < -0.4 is 5.43 Å². The van der Waals surface area contributed by atoms with Gasteiger partial charge in [-0.3, -0.25) is 4.79 Å². The number of hydrazone groups is 1. The Morgan fingerprint density at radius 3 is 2.56 bits per heavy atom. The summed E-state index contributed by atoms with van der Waals surface area (Å²) in [6.07, 6.45) is 1.18. The highest BCUT2D eigenvalue weighted by Gasteiger charge is 2.15. The molecule has 0 aliphatic heterocycles. The summed E-state index contributed by atoms with van der Waals surface area (Å²) in [4.78, 5) is 12.7. The van der Waals surface area contributed by atoms with Crippen molar-refractivity contribution in [2.75, 3.05) is 5.88 Å². The number of halogens is 2. The van der Waals surface area contributed by atoms with Crippen molar-refractivity contribution >= 4 is 34.0 Å². The molecule has 138 valence electrons. The number of carbonyl (C=O) groups is 1. The fourth-order valence-corrected chi connectivity index (χ4v) is 2.95. The summed E-state index contributed by atoms with van der Waals surface area (Å²) in [5.74, 6) is -0.543. The molecule has 0 aliphatic rings. The molecule has 0 unspecified atom stereocenters. The molecule has 0 aliphatic carbocycles. The van der Waals surface area contributed by atoms with Crippen LogP contribution in [0.15, 0.2) is 65.8 Å². The second-order valence-corrected chi connectivity index (χ2v) is 6.36. The standard InChI is InChI=1S/C21H18ClFN2O2/c22-13-3-6-18(15-7-10-16(23)11-8-15)24-25-21(27)20-17-5-2-1-4-14(17)9-12-19(20)26/h1-2,4-5,7-12,26H,3,6,13H2,(H,25,27)/b24-18-. The zero-order valence-corrected chi connectivity index (χ0v) is 15.2. The van der Waals surface area contributed by atoms with Crippen molar-refractivity contribution in [1.29, 1.82) is 0 Å². The van der Waals surface area contributed by atoms with Crippen molar-refractivity contribution in [1.82, 2.24) is 5.43 Å². The topological polar surface area (TPSA) is 61.7 Å². The van der Waals surface area contributed by atoms with Crippen LogP contribution in [0.3, 0.4) is 0 Å². The van der Waals surface area contributed by atoms with E-state index >= 15 is 0 Å². The van der Waals surface area contributed by atoms with Crippen LogP contribution >= 0.6 is 11.6 Å². The third-order valence-corrected chi connectivity index (χ3v) is 4.42. The van der Waals surface area contributed by atoms with Gasteiger partial charge in [-0.1, -0.05) is 42.5 Å². The molecule has 2 N–H and O–H groups in total. The first kappa shape index (κ1) is 18.9. The molecule has 4 nitrogen and oxygen atoms in total. The van der Waals surface area contributed by atoms with Crippen molar-refractivity contribution < 1.29 is 14.3 Å². The maximum Gasteiger partial charge on any atom is 0.275 e. The van der Waals surface area contributed by atoms with Gasteiger partial charge in [0.2, 0.25) is 0 Å². The molecule has 0 bridgehead atoms. The SMILES string of the molecule is O=C(N/N=C(/CCCCl)c1ccc(F)cc1)c1c(O)ccc2ccccc12. The summed E-state index contributed by atoms with van der Waals surface area (Å²) in [5, 5.41) is 15.8. The number of phenols is 1. The highest BCUT2D eigenvalue weighted by Crippen LogP contribution is 2.27. The summed E-state index contributed by atoms with van der Waals surface area (Å²) >= 11 is 5.77. The van der Waals surface area contributed by atoms with Gasteiger partial charge in [0, 0.05) is 5.88 Å². The van der Waals surface area contributed by atoms with E-state index < -0.39 is 5.91 Å². The molecular weight excluding hydrogens is 367 g/mol. The second-order valence-electron chi connectivity index (χ2n) is 5.98. The van der Waals surface area contributed by atoms with E-state index in [1.807, 2.05) is 12.1 Å². The number of nitrogens with zero attached hydrogens (tertiary/aromatic N) is 1. The summed E-state index contributed by atoms with van der Waals surface area (Å²) < 4.78 is 13.2. The lowest BCUT2D eigenvalue weighted by Crippen LogP contribution is -2.20. The number of benzene rings is 3. The monoisotopic (exact) mass is 384 g/mol. The fraction of sp³-hybridized carbons (Fsp3) is 0.143. The van der Waals surface area contributed by atoms with E-state index in [1.165, 1.54) is 18.2 Å². The number of hydrogen-bond donors (Lipinski definition) is 2. The van der Waals surface area contributed by atoms with E-state index in [1.54, 1.807) is 30.3 Å². The average Bonchev–Trinajstić information content (AvgIpc) is 2.68. The van der Waals surface area contributed by atoms with Crippen LogP contribution in [-0.4, -0.2) is 22.6 Å². The van der Waals surface area contributed by atoms with Gasteiger partial charge in [-0.2, -0.15) is 5.10 Å². The second kappa shape index (κ2) is 8.64. The minimum atomic E-state index is -0.519. The third-order valence-electron chi connectivity index (χ3n) is 4.15. The quantitative estimate of drug-likeness (QED) is 0.363. The number of fused-ring (bicyclic) bond motifs is 1. The Morgan fingerprint density at radius 2 is 1.81 bits per heavy atom. The smallest absolute Gasteiger partial charge is 0.275 e. The summed E-state index contributed by atoms with van der Waals surface area (Å²) in [6, 6.07) is 16.4. The lowest BCUT2D eigenvalue weighted by atomic mass is 10.0. The normalized spacial score (nSPS) is 11.6. The Balaban J connectivity index is 1.91. The Morgan fingerprint density at radius 1 is 1.07 bits per heavy atom. The first-order chi connectivity index (χ1) is 13.1. The number of rotatable bonds is 6. The van der Waals surface area contributed by atoms with Crippen molar-refractivity contribution in [3.05, 3.63) is 77.6 Å². The van der Waals surface area contributed by atoms with Gasteiger partial charge >= 0.3 is 0 Å². The van der Waals surface area contributed by atoms with Crippen LogP contribution in [0.4, 0.5) is 4.39 Å². The molecule has 0 saturated carbocycles. The fourth-order valence-electron chi connectivity index (χ4n) is 2.81. The molecule has 27 heavy (non-hydrogen) atoms. The van der Waals surface area contributed by atoms with Crippen LogP contribution in [0, 0.1) is 5.82 Å².